The van der Waals surface area contributed by atoms with E-state index in [1.165, 1.54) is 12.1 Å². The van der Waals surface area contributed by atoms with Crippen LogP contribution in [0.25, 0.3) is 0 Å². The lowest BCUT2D eigenvalue weighted by Gasteiger charge is -2.37. The minimum atomic E-state index is -1.06. The molecule has 0 saturated carbocycles. The molecule has 2 fully saturated rings. The zero-order valence-electron chi connectivity index (χ0n) is 10.3. The van der Waals surface area contributed by atoms with E-state index in [0.717, 1.165) is 31.7 Å². The summed E-state index contributed by atoms with van der Waals surface area (Å²) in [5.74, 6) is -2.45. The van der Waals surface area contributed by atoms with E-state index in [4.69, 9.17) is 11.6 Å². The average Bonchev–Trinajstić information content (AvgIpc) is 2.64. The Morgan fingerprint density at radius 1 is 1.21 bits per heavy atom. The summed E-state index contributed by atoms with van der Waals surface area (Å²) < 4.78 is 26.9. The van der Waals surface area contributed by atoms with Crippen molar-refractivity contribution in [3.05, 3.63) is 35.4 Å². The zero-order chi connectivity index (χ0) is 13.6. The first-order valence-electron chi connectivity index (χ1n) is 6.48. The normalized spacial score (nSPS) is 29.6. The molecule has 2 aliphatic heterocycles. The van der Waals surface area contributed by atoms with Gasteiger partial charge in [0.15, 0.2) is 11.6 Å². The van der Waals surface area contributed by atoms with Crippen LogP contribution in [0.2, 0.25) is 0 Å². The topological polar surface area (TPSA) is 20.3 Å². The fourth-order valence-electron chi connectivity index (χ4n) is 3.25. The van der Waals surface area contributed by atoms with E-state index in [1.807, 2.05) is 0 Å². The largest absolute Gasteiger partial charge is 0.332 e. The Morgan fingerprint density at radius 3 is 2.47 bits per heavy atom. The molecule has 2 bridgehead atoms. The minimum Gasteiger partial charge on any atom is -0.332 e. The predicted octanol–water partition coefficient (Wildman–Crippen LogP) is 3.34. The van der Waals surface area contributed by atoms with Crippen molar-refractivity contribution in [1.82, 2.24) is 4.90 Å². The van der Waals surface area contributed by atoms with Gasteiger partial charge in [-0.1, -0.05) is 6.07 Å². The van der Waals surface area contributed by atoms with Gasteiger partial charge in [0.25, 0.3) is 5.91 Å². The Morgan fingerprint density at radius 2 is 1.84 bits per heavy atom. The van der Waals surface area contributed by atoms with E-state index in [9.17, 15) is 13.6 Å². The van der Waals surface area contributed by atoms with Crippen molar-refractivity contribution in [1.29, 1.82) is 0 Å². The number of hydrogen-bond donors (Lipinski definition) is 0. The van der Waals surface area contributed by atoms with Gasteiger partial charge in [-0.2, -0.15) is 0 Å². The molecular weight excluding hydrogens is 272 g/mol. The van der Waals surface area contributed by atoms with Crippen molar-refractivity contribution in [2.45, 2.75) is 43.1 Å². The van der Waals surface area contributed by atoms with Crippen LogP contribution in [-0.4, -0.2) is 28.3 Å². The first-order chi connectivity index (χ1) is 9.08. The molecule has 19 heavy (non-hydrogen) atoms. The SMILES string of the molecule is O=C(c1cccc(F)c1F)N1C2CCC1CC(Cl)C2. The maximum absolute atomic E-state index is 13.7. The van der Waals surface area contributed by atoms with Gasteiger partial charge < -0.3 is 4.90 Å². The molecule has 2 unspecified atom stereocenters. The number of rotatable bonds is 1. The second-order valence-corrected chi connectivity index (χ2v) is 5.88. The van der Waals surface area contributed by atoms with Crippen molar-refractivity contribution in [2.24, 2.45) is 0 Å². The second kappa shape index (κ2) is 4.75. The Balaban J connectivity index is 1.91. The van der Waals surface area contributed by atoms with Gasteiger partial charge in [-0.25, -0.2) is 8.78 Å². The first kappa shape index (κ1) is 12.9. The number of halogens is 3. The van der Waals surface area contributed by atoms with Crippen LogP contribution in [0, 0.1) is 11.6 Å². The van der Waals surface area contributed by atoms with Crippen LogP contribution in [0.3, 0.4) is 0 Å². The fraction of sp³-hybridized carbons (Fsp3) is 0.500. The lowest BCUT2D eigenvalue weighted by atomic mass is 10.0. The number of piperidine rings is 1. The first-order valence-corrected chi connectivity index (χ1v) is 6.92. The number of amides is 1. The molecule has 1 aromatic carbocycles. The Labute approximate surface area is 115 Å². The van der Waals surface area contributed by atoms with Gasteiger partial charge in [0.1, 0.15) is 0 Å². The standard InChI is InChI=1S/C14H14ClF2NO/c15-8-6-9-4-5-10(7-8)18(9)14(19)11-2-1-3-12(16)13(11)17/h1-3,8-10H,4-7H2. The van der Waals surface area contributed by atoms with Crippen molar-refractivity contribution >= 4 is 17.5 Å². The number of benzene rings is 1. The van der Waals surface area contributed by atoms with Crippen molar-refractivity contribution < 1.29 is 13.6 Å². The molecule has 0 aromatic heterocycles. The van der Waals surface area contributed by atoms with Gasteiger partial charge in [0.05, 0.1) is 5.56 Å². The summed E-state index contributed by atoms with van der Waals surface area (Å²) in [6.45, 7) is 0. The molecule has 2 heterocycles. The molecule has 2 nitrogen and oxygen atoms in total. The van der Waals surface area contributed by atoms with Crippen LogP contribution in [0.1, 0.15) is 36.0 Å². The lowest BCUT2D eigenvalue weighted by Crippen LogP contribution is -2.47. The second-order valence-electron chi connectivity index (χ2n) is 5.27. The average molecular weight is 286 g/mol. The van der Waals surface area contributed by atoms with Gasteiger partial charge in [-0.15, -0.1) is 11.6 Å². The van der Waals surface area contributed by atoms with Crippen LogP contribution < -0.4 is 0 Å². The van der Waals surface area contributed by atoms with E-state index in [2.05, 4.69) is 0 Å². The van der Waals surface area contributed by atoms with Crippen LogP contribution in [0.15, 0.2) is 18.2 Å². The monoisotopic (exact) mass is 285 g/mol. The van der Waals surface area contributed by atoms with Crippen LogP contribution >= 0.6 is 11.6 Å². The maximum atomic E-state index is 13.7. The van der Waals surface area contributed by atoms with Gasteiger partial charge in [0.2, 0.25) is 0 Å². The number of alkyl halides is 1. The number of nitrogens with zero attached hydrogens (tertiary/aromatic N) is 1. The van der Waals surface area contributed by atoms with Gasteiger partial charge >= 0.3 is 0 Å². The summed E-state index contributed by atoms with van der Waals surface area (Å²) >= 11 is 6.15. The van der Waals surface area contributed by atoms with Crippen LogP contribution in [0.5, 0.6) is 0 Å². The Bertz CT molecular complexity index is 508. The third kappa shape index (κ3) is 2.12. The molecule has 0 N–H and O–H groups in total. The van der Waals surface area contributed by atoms with Crippen molar-refractivity contribution in [3.63, 3.8) is 0 Å². The Hall–Kier alpha value is -1.16. The molecule has 3 rings (SSSR count). The van der Waals surface area contributed by atoms with E-state index < -0.39 is 17.5 Å². The molecule has 0 spiro atoms. The minimum absolute atomic E-state index is 0.0661. The summed E-state index contributed by atoms with van der Waals surface area (Å²) in [7, 11) is 0. The molecular formula is C14H14ClF2NO. The molecule has 2 aliphatic rings. The summed E-state index contributed by atoms with van der Waals surface area (Å²) in [6, 6.07) is 3.86. The third-order valence-corrected chi connectivity index (χ3v) is 4.45. The Kier molecular flexibility index (Phi) is 3.21. The quantitative estimate of drug-likeness (QED) is 0.725. The highest BCUT2D eigenvalue weighted by molar-refractivity contribution is 6.20. The number of carbonyl (C=O) groups is 1. The molecule has 5 heteroatoms. The van der Waals surface area contributed by atoms with Crippen LogP contribution in [0.4, 0.5) is 8.78 Å². The van der Waals surface area contributed by atoms with Crippen molar-refractivity contribution in [2.75, 3.05) is 0 Å². The summed E-state index contributed by atoms with van der Waals surface area (Å²) in [4.78, 5) is 14.1. The van der Waals surface area contributed by atoms with Crippen LogP contribution in [-0.2, 0) is 0 Å². The van der Waals surface area contributed by atoms with Gasteiger partial charge in [-0.3, -0.25) is 4.79 Å². The van der Waals surface area contributed by atoms with E-state index in [1.54, 1.807) is 4.90 Å². The van der Waals surface area contributed by atoms with E-state index >= 15 is 0 Å². The molecule has 2 saturated heterocycles. The smallest absolute Gasteiger partial charge is 0.257 e. The molecule has 0 aliphatic carbocycles. The van der Waals surface area contributed by atoms with E-state index in [0.29, 0.717) is 0 Å². The predicted molar refractivity (Wildman–Crippen MR) is 68.2 cm³/mol. The van der Waals surface area contributed by atoms with Gasteiger partial charge in [-0.05, 0) is 37.8 Å². The van der Waals surface area contributed by atoms with Crippen molar-refractivity contribution in [3.8, 4) is 0 Å². The van der Waals surface area contributed by atoms with E-state index in [-0.39, 0.29) is 23.0 Å². The number of fused-ring (bicyclic) bond motifs is 2. The molecule has 0 radical (unpaired) electrons. The van der Waals surface area contributed by atoms with Gasteiger partial charge in [0, 0.05) is 17.5 Å². The molecule has 1 aromatic rings. The molecule has 1 amide bonds. The summed E-state index contributed by atoms with van der Waals surface area (Å²) in [5.41, 5.74) is -0.176. The summed E-state index contributed by atoms with van der Waals surface area (Å²) in [6.07, 6.45) is 3.27. The lowest BCUT2D eigenvalue weighted by molar-refractivity contribution is 0.0593. The highest BCUT2D eigenvalue weighted by Crippen LogP contribution is 2.38. The maximum Gasteiger partial charge on any atom is 0.257 e. The summed E-state index contributed by atoms with van der Waals surface area (Å²) in [5, 5.41) is 0.0823. The third-order valence-electron chi connectivity index (χ3n) is 4.09. The molecule has 2 atom stereocenters. The number of hydrogen-bond acceptors (Lipinski definition) is 1. The molecule has 102 valence electrons. The highest BCUT2D eigenvalue weighted by atomic mass is 35.5. The fourth-order valence-corrected chi connectivity index (χ4v) is 3.66. The zero-order valence-corrected chi connectivity index (χ0v) is 11.0. The highest BCUT2D eigenvalue weighted by Gasteiger charge is 2.43. The number of carbonyl (C=O) groups excluding carboxylic acids is 1.